The molecule has 0 unspecified atom stereocenters. The first-order valence-electron chi connectivity index (χ1n) is 5.28. The molecule has 0 aliphatic carbocycles. The zero-order valence-electron chi connectivity index (χ0n) is 10.3. The maximum Gasteiger partial charge on any atom is 0.326 e. The number of esters is 1. The van der Waals surface area contributed by atoms with Gasteiger partial charge in [-0.1, -0.05) is 0 Å². The summed E-state index contributed by atoms with van der Waals surface area (Å²) >= 11 is 0. The number of hydrogen-bond acceptors (Lipinski definition) is 6. The van der Waals surface area contributed by atoms with E-state index in [1.807, 2.05) is 0 Å². The van der Waals surface area contributed by atoms with E-state index >= 15 is 0 Å². The Morgan fingerprint density at radius 3 is 2.65 bits per heavy atom. The summed E-state index contributed by atoms with van der Waals surface area (Å²) in [4.78, 5) is 45.7. The Morgan fingerprint density at radius 1 is 1.55 bits per heavy atom. The summed E-state index contributed by atoms with van der Waals surface area (Å²) in [6, 6.07) is -0.538. The lowest BCUT2D eigenvalue weighted by atomic mass is 10.2. The van der Waals surface area contributed by atoms with Crippen LogP contribution in [0.3, 0.4) is 0 Å². The first kappa shape index (κ1) is 15.1. The summed E-state index contributed by atoms with van der Waals surface area (Å²) < 4.78 is 4.30. The van der Waals surface area contributed by atoms with E-state index in [9.17, 15) is 24.5 Å². The van der Waals surface area contributed by atoms with Gasteiger partial charge in [0.05, 0.1) is 24.7 Å². The minimum absolute atomic E-state index is 0.187. The van der Waals surface area contributed by atoms with Crippen LogP contribution >= 0.6 is 0 Å². The molecular weight excluding hydrogens is 274 g/mol. The van der Waals surface area contributed by atoms with Crippen LogP contribution in [0.2, 0.25) is 0 Å². The normalized spacial score (nSPS) is 11.4. The molecular formula is C10H11N3O7. The molecule has 10 heteroatoms. The summed E-state index contributed by atoms with van der Waals surface area (Å²) in [7, 11) is 1.08. The highest BCUT2D eigenvalue weighted by Crippen LogP contribution is 2.12. The van der Waals surface area contributed by atoms with E-state index in [0.29, 0.717) is 0 Å². The average molecular weight is 285 g/mol. The van der Waals surface area contributed by atoms with Gasteiger partial charge >= 0.3 is 11.9 Å². The molecule has 3 N–H and O–H groups in total. The second-order valence-electron chi connectivity index (χ2n) is 3.67. The van der Waals surface area contributed by atoms with Crippen LogP contribution in [-0.2, 0) is 14.3 Å². The fourth-order valence-electron chi connectivity index (χ4n) is 1.31. The molecule has 0 saturated carbocycles. The van der Waals surface area contributed by atoms with Crippen LogP contribution in [0, 0.1) is 10.1 Å². The van der Waals surface area contributed by atoms with Crippen molar-refractivity contribution < 1.29 is 29.2 Å². The molecule has 10 nitrogen and oxygen atoms in total. The van der Waals surface area contributed by atoms with Crippen LogP contribution in [-0.4, -0.2) is 46.0 Å². The Morgan fingerprint density at radius 2 is 2.20 bits per heavy atom. The average Bonchev–Trinajstić information content (AvgIpc) is 2.87. The molecule has 0 saturated heterocycles. The first-order chi connectivity index (χ1) is 9.35. The largest absolute Gasteiger partial charge is 0.480 e. The number of carboxylic acids is 1. The molecule has 0 aliphatic heterocycles. The number of ether oxygens (including phenoxy) is 1. The number of methoxy groups -OCH3 is 1. The molecule has 1 rings (SSSR count). The van der Waals surface area contributed by atoms with Crippen LogP contribution in [0.4, 0.5) is 5.69 Å². The number of nitrogens with one attached hydrogen (secondary N) is 2. The summed E-state index contributed by atoms with van der Waals surface area (Å²) in [5, 5.41) is 21.4. The first-order valence-corrected chi connectivity index (χ1v) is 5.28. The van der Waals surface area contributed by atoms with Crippen molar-refractivity contribution in [3.63, 3.8) is 0 Å². The summed E-state index contributed by atoms with van der Waals surface area (Å²) in [5.41, 5.74) is -0.525. The molecule has 0 radical (unpaired) electrons. The van der Waals surface area contributed by atoms with Crippen LogP contribution < -0.4 is 5.32 Å². The Kier molecular flexibility index (Phi) is 4.78. The standard InChI is InChI=1S/C10H11N3O7/c1-20-8(14)3-7(10(16)17)12-9(15)6-2-5(4-11-6)13(18)19/h2,4,7,11H,3H2,1H3,(H,12,15)(H,16,17)/t7-/m0/s1. The van der Waals surface area contributed by atoms with E-state index in [-0.39, 0.29) is 11.4 Å². The molecule has 108 valence electrons. The molecule has 20 heavy (non-hydrogen) atoms. The topological polar surface area (TPSA) is 152 Å². The van der Waals surface area contributed by atoms with Crippen molar-refractivity contribution in [1.82, 2.24) is 10.3 Å². The highest BCUT2D eigenvalue weighted by atomic mass is 16.6. The van der Waals surface area contributed by atoms with Gasteiger partial charge < -0.3 is 20.1 Å². The van der Waals surface area contributed by atoms with Gasteiger partial charge in [0.25, 0.3) is 11.6 Å². The fourth-order valence-corrected chi connectivity index (χ4v) is 1.31. The molecule has 1 aromatic heterocycles. The number of aromatic amines is 1. The van der Waals surface area contributed by atoms with E-state index in [4.69, 9.17) is 5.11 Å². The number of carboxylic acid groups (broad SMARTS) is 1. The number of carbonyl (C=O) groups is 3. The number of carbonyl (C=O) groups excluding carboxylic acids is 2. The van der Waals surface area contributed by atoms with E-state index in [0.717, 1.165) is 19.4 Å². The number of aromatic nitrogens is 1. The minimum atomic E-state index is -1.49. The number of aliphatic carboxylic acids is 1. The van der Waals surface area contributed by atoms with Gasteiger partial charge in [0.15, 0.2) is 0 Å². The van der Waals surface area contributed by atoms with E-state index in [1.54, 1.807) is 0 Å². The molecule has 1 heterocycles. The number of amides is 1. The van der Waals surface area contributed by atoms with Crippen LogP contribution in [0.1, 0.15) is 16.9 Å². The number of hydrogen-bond donors (Lipinski definition) is 3. The summed E-state index contributed by atoms with van der Waals surface area (Å²) in [6.07, 6.45) is 0.436. The zero-order valence-corrected chi connectivity index (χ0v) is 10.3. The predicted octanol–water partition coefficient (Wildman–Crippen LogP) is -0.331. The molecule has 0 fully saturated rings. The number of rotatable bonds is 6. The third-order valence-electron chi connectivity index (χ3n) is 2.33. The third kappa shape index (κ3) is 3.80. The van der Waals surface area contributed by atoms with Crippen molar-refractivity contribution >= 4 is 23.5 Å². The fraction of sp³-hybridized carbons (Fsp3) is 0.300. The maximum atomic E-state index is 11.7. The zero-order chi connectivity index (χ0) is 15.3. The lowest BCUT2D eigenvalue weighted by Crippen LogP contribution is -2.42. The molecule has 0 spiro atoms. The Hall–Kier alpha value is -2.91. The van der Waals surface area contributed by atoms with Crippen molar-refractivity contribution in [2.24, 2.45) is 0 Å². The van der Waals surface area contributed by atoms with E-state index in [1.165, 1.54) is 0 Å². The van der Waals surface area contributed by atoms with Crippen molar-refractivity contribution in [2.45, 2.75) is 12.5 Å². The Balaban J connectivity index is 2.77. The van der Waals surface area contributed by atoms with Crippen molar-refractivity contribution in [1.29, 1.82) is 0 Å². The Bertz CT molecular complexity index is 551. The summed E-state index contributed by atoms with van der Waals surface area (Å²) in [5.74, 6) is -3.12. The van der Waals surface area contributed by atoms with Crippen molar-refractivity contribution in [3.8, 4) is 0 Å². The minimum Gasteiger partial charge on any atom is -0.480 e. The van der Waals surface area contributed by atoms with E-state index < -0.39 is 35.2 Å². The van der Waals surface area contributed by atoms with Gasteiger partial charge in [-0.15, -0.1) is 0 Å². The van der Waals surface area contributed by atoms with Gasteiger partial charge in [-0.05, 0) is 0 Å². The van der Waals surface area contributed by atoms with Gasteiger partial charge in [0, 0.05) is 6.07 Å². The lowest BCUT2D eigenvalue weighted by molar-refractivity contribution is -0.384. The predicted molar refractivity (Wildman–Crippen MR) is 63.0 cm³/mol. The van der Waals surface area contributed by atoms with Crippen LogP contribution in [0.25, 0.3) is 0 Å². The number of H-pyrrole nitrogens is 1. The molecule has 1 atom stereocenters. The monoisotopic (exact) mass is 285 g/mol. The van der Waals surface area contributed by atoms with Gasteiger partial charge in [0.1, 0.15) is 11.7 Å². The van der Waals surface area contributed by atoms with Gasteiger partial charge in [-0.25, -0.2) is 4.79 Å². The second-order valence-corrected chi connectivity index (χ2v) is 3.67. The smallest absolute Gasteiger partial charge is 0.326 e. The highest BCUT2D eigenvalue weighted by molar-refractivity contribution is 5.96. The van der Waals surface area contributed by atoms with Gasteiger partial charge in [-0.2, -0.15) is 0 Å². The molecule has 0 aliphatic rings. The maximum absolute atomic E-state index is 11.7. The van der Waals surface area contributed by atoms with Crippen molar-refractivity contribution in [3.05, 3.63) is 28.1 Å². The molecule has 1 aromatic rings. The van der Waals surface area contributed by atoms with Gasteiger partial charge in [-0.3, -0.25) is 19.7 Å². The highest BCUT2D eigenvalue weighted by Gasteiger charge is 2.25. The second kappa shape index (κ2) is 6.31. The van der Waals surface area contributed by atoms with E-state index in [2.05, 4.69) is 15.0 Å². The molecule has 1 amide bonds. The quantitative estimate of drug-likeness (QED) is 0.367. The Labute approximate surface area is 111 Å². The molecule has 0 bridgehead atoms. The van der Waals surface area contributed by atoms with Crippen molar-refractivity contribution in [2.75, 3.05) is 7.11 Å². The number of nitro groups is 1. The third-order valence-corrected chi connectivity index (χ3v) is 2.33. The lowest BCUT2D eigenvalue weighted by Gasteiger charge is -2.12. The SMILES string of the molecule is COC(=O)C[C@H](NC(=O)c1cc([N+](=O)[O-])c[nH]1)C(=O)O. The summed E-state index contributed by atoms with van der Waals surface area (Å²) in [6.45, 7) is 0. The number of nitrogens with zero attached hydrogens (tertiary/aromatic N) is 1. The van der Waals surface area contributed by atoms with Crippen LogP contribution in [0.5, 0.6) is 0 Å². The molecule has 0 aromatic carbocycles. The van der Waals surface area contributed by atoms with Crippen LogP contribution in [0.15, 0.2) is 12.3 Å². The van der Waals surface area contributed by atoms with Gasteiger partial charge in [0.2, 0.25) is 0 Å².